The average molecular weight is 317 g/mol. The maximum atomic E-state index is 13.6. The zero-order valence-corrected chi connectivity index (χ0v) is 11.8. The van der Waals surface area contributed by atoms with E-state index in [0.717, 1.165) is 6.07 Å². The summed E-state index contributed by atoms with van der Waals surface area (Å²) in [5.41, 5.74) is 0.0191. The van der Waals surface area contributed by atoms with Crippen molar-refractivity contribution in [2.24, 2.45) is 0 Å². The number of morpholine rings is 1. The van der Waals surface area contributed by atoms with Crippen LogP contribution in [0.2, 0.25) is 5.02 Å². The third-order valence-electron chi connectivity index (χ3n) is 3.00. The number of aliphatic carboxylic acids is 1. The van der Waals surface area contributed by atoms with Gasteiger partial charge in [0.15, 0.2) is 0 Å². The van der Waals surface area contributed by atoms with Crippen LogP contribution in [0.3, 0.4) is 0 Å². The van der Waals surface area contributed by atoms with Gasteiger partial charge in [-0.05, 0) is 18.2 Å². The Morgan fingerprint density at radius 3 is 2.95 bits per heavy atom. The van der Waals surface area contributed by atoms with Crippen molar-refractivity contribution in [3.8, 4) is 0 Å². The highest BCUT2D eigenvalue weighted by atomic mass is 35.5. The van der Waals surface area contributed by atoms with Crippen molar-refractivity contribution in [1.82, 2.24) is 4.90 Å². The summed E-state index contributed by atoms with van der Waals surface area (Å²) in [6.45, 7) is 0.707. The van der Waals surface area contributed by atoms with E-state index in [4.69, 9.17) is 21.4 Å². The van der Waals surface area contributed by atoms with E-state index in [1.165, 1.54) is 17.0 Å². The van der Waals surface area contributed by atoms with Crippen LogP contribution in [0.15, 0.2) is 18.2 Å². The standard InChI is InChI=1S/C13H14ClFN2O4/c14-8-1-2-11(10(15)5-8)16-13(20)17-3-4-21-9(7-17)6-12(18)19/h1-2,5,9H,3-4,6-7H2,(H,16,20)(H,18,19). The number of carboxylic acids is 1. The molecule has 0 aromatic heterocycles. The molecule has 2 rings (SSSR count). The van der Waals surface area contributed by atoms with Crippen LogP contribution >= 0.6 is 11.6 Å². The summed E-state index contributed by atoms with van der Waals surface area (Å²) in [4.78, 5) is 24.1. The number of benzene rings is 1. The van der Waals surface area contributed by atoms with Crippen LogP contribution in [0.25, 0.3) is 0 Å². The molecule has 1 unspecified atom stereocenters. The smallest absolute Gasteiger partial charge is 0.322 e. The summed E-state index contributed by atoms with van der Waals surface area (Å²) in [6.07, 6.45) is -0.740. The first-order valence-corrected chi connectivity index (χ1v) is 6.68. The highest BCUT2D eigenvalue weighted by Gasteiger charge is 2.26. The van der Waals surface area contributed by atoms with Crippen LogP contribution in [0, 0.1) is 5.82 Å². The number of rotatable bonds is 3. The van der Waals surface area contributed by atoms with Gasteiger partial charge in [-0.15, -0.1) is 0 Å². The molecular formula is C13H14ClFN2O4. The van der Waals surface area contributed by atoms with Crippen molar-refractivity contribution in [3.63, 3.8) is 0 Å². The van der Waals surface area contributed by atoms with Crippen molar-refractivity contribution in [3.05, 3.63) is 29.0 Å². The molecule has 0 bridgehead atoms. The summed E-state index contributed by atoms with van der Waals surface area (Å²) >= 11 is 5.63. The van der Waals surface area contributed by atoms with Gasteiger partial charge in [0.25, 0.3) is 0 Å². The van der Waals surface area contributed by atoms with Gasteiger partial charge in [-0.1, -0.05) is 11.6 Å². The van der Waals surface area contributed by atoms with Gasteiger partial charge in [0.2, 0.25) is 0 Å². The van der Waals surface area contributed by atoms with Gasteiger partial charge >= 0.3 is 12.0 Å². The quantitative estimate of drug-likeness (QED) is 0.896. The predicted molar refractivity (Wildman–Crippen MR) is 74.0 cm³/mol. The third kappa shape index (κ3) is 4.30. The van der Waals surface area contributed by atoms with Crippen molar-refractivity contribution in [1.29, 1.82) is 0 Å². The fourth-order valence-electron chi connectivity index (χ4n) is 2.01. The molecule has 2 amide bonds. The number of carboxylic acid groups (broad SMARTS) is 1. The van der Waals surface area contributed by atoms with Crippen LogP contribution in [0.4, 0.5) is 14.9 Å². The largest absolute Gasteiger partial charge is 0.481 e. The lowest BCUT2D eigenvalue weighted by molar-refractivity contribution is -0.141. The van der Waals surface area contributed by atoms with Gasteiger partial charge in [-0.2, -0.15) is 0 Å². The van der Waals surface area contributed by atoms with E-state index in [1.54, 1.807) is 0 Å². The number of hydrogen-bond donors (Lipinski definition) is 2. The Morgan fingerprint density at radius 1 is 1.52 bits per heavy atom. The Kier molecular flexibility index (Phi) is 4.98. The molecule has 1 aromatic carbocycles. The number of anilines is 1. The number of nitrogens with one attached hydrogen (secondary N) is 1. The molecular weight excluding hydrogens is 303 g/mol. The first kappa shape index (κ1) is 15.5. The van der Waals surface area contributed by atoms with Crippen LogP contribution < -0.4 is 5.32 Å². The van der Waals surface area contributed by atoms with Crippen molar-refractivity contribution >= 4 is 29.3 Å². The van der Waals surface area contributed by atoms with Gasteiger partial charge < -0.3 is 20.1 Å². The van der Waals surface area contributed by atoms with Crippen molar-refractivity contribution in [2.45, 2.75) is 12.5 Å². The zero-order chi connectivity index (χ0) is 15.4. The van der Waals surface area contributed by atoms with E-state index >= 15 is 0 Å². The van der Waals surface area contributed by atoms with E-state index in [0.29, 0.717) is 6.54 Å². The Balaban J connectivity index is 1.97. The average Bonchev–Trinajstić information content (AvgIpc) is 2.41. The first-order chi connectivity index (χ1) is 9.95. The Morgan fingerprint density at radius 2 is 2.29 bits per heavy atom. The summed E-state index contributed by atoms with van der Waals surface area (Å²) in [6, 6.07) is 3.43. The molecule has 0 aliphatic carbocycles. The number of amides is 2. The summed E-state index contributed by atoms with van der Waals surface area (Å²) < 4.78 is 18.9. The highest BCUT2D eigenvalue weighted by molar-refractivity contribution is 6.30. The summed E-state index contributed by atoms with van der Waals surface area (Å²) in [7, 11) is 0. The minimum atomic E-state index is -0.994. The van der Waals surface area contributed by atoms with Gasteiger partial charge in [0, 0.05) is 18.1 Å². The normalized spacial score (nSPS) is 18.4. The lowest BCUT2D eigenvalue weighted by Gasteiger charge is -2.32. The van der Waals surface area contributed by atoms with Crippen LogP contribution in [0.5, 0.6) is 0 Å². The lowest BCUT2D eigenvalue weighted by atomic mass is 10.2. The molecule has 1 fully saturated rings. The minimum absolute atomic E-state index is 0.0191. The van der Waals surface area contributed by atoms with Gasteiger partial charge in [0.05, 0.1) is 24.8 Å². The molecule has 21 heavy (non-hydrogen) atoms. The van der Waals surface area contributed by atoms with E-state index in [1.807, 2.05) is 0 Å². The number of ether oxygens (including phenoxy) is 1. The lowest BCUT2D eigenvalue weighted by Crippen LogP contribution is -2.48. The number of carbonyl (C=O) groups excluding carboxylic acids is 1. The fraction of sp³-hybridized carbons (Fsp3) is 0.385. The van der Waals surface area contributed by atoms with Crippen LogP contribution in [-0.4, -0.2) is 47.8 Å². The fourth-order valence-corrected chi connectivity index (χ4v) is 2.17. The number of carbonyl (C=O) groups is 2. The van der Waals surface area contributed by atoms with E-state index in [-0.39, 0.29) is 30.3 Å². The molecule has 1 aliphatic rings. The monoisotopic (exact) mass is 316 g/mol. The van der Waals surface area contributed by atoms with Crippen molar-refractivity contribution in [2.75, 3.05) is 25.0 Å². The predicted octanol–water partition coefficient (Wildman–Crippen LogP) is 2.19. The maximum Gasteiger partial charge on any atom is 0.322 e. The number of halogens is 2. The molecule has 1 saturated heterocycles. The maximum absolute atomic E-state index is 13.6. The molecule has 2 N–H and O–H groups in total. The Labute approximate surface area is 125 Å². The summed E-state index contributed by atoms with van der Waals surface area (Å²) in [5, 5.41) is 11.4. The summed E-state index contributed by atoms with van der Waals surface area (Å²) in [5.74, 6) is -1.63. The second kappa shape index (κ2) is 6.73. The Hall–Kier alpha value is -1.86. The molecule has 0 spiro atoms. The van der Waals surface area contributed by atoms with Crippen LogP contribution in [0.1, 0.15) is 6.42 Å². The molecule has 1 aromatic rings. The molecule has 0 saturated carbocycles. The van der Waals surface area contributed by atoms with Gasteiger partial charge in [-0.25, -0.2) is 9.18 Å². The molecule has 0 radical (unpaired) electrons. The second-order valence-electron chi connectivity index (χ2n) is 4.59. The van der Waals surface area contributed by atoms with E-state index < -0.39 is 23.9 Å². The van der Waals surface area contributed by atoms with Gasteiger partial charge in [0.1, 0.15) is 5.82 Å². The van der Waals surface area contributed by atoms with Gasteiger partial charge in [-0.3, -0.25) is 4.79 Å². The SMILES string of the molecule is O=C(O)CC1CN(C(=O)Nc2ccc(Cl)cc2F)CCO1. The van der Waals surface area contributed by atoms with E-state index in [2.05, 4.69) is 5.32 Å². The second-order valence-corrected chi connectivity index (χ2v) is 5.03. The van der Waals surface area contributed by atoms with Crippen molar-refractivity contribution < 1.29 is 23.8 Å². The third-order valence-corrected chi connectivity index (χ3v) is 3.24. The molecule has 1 aliphatic heterocycles. The number of urea groups is 1. The highest BCUT2D eigenvalue weighted by Crippen LogP contribution is 2.19. The molecule has 1 atom stereocenters. The zero-order valence-electron chi connectivity index (χ0n) is 11.0. The first-order valence-electron chi connectivity index (χ1n) is 6.30. The number of nitrogens with zero attached hydrogens (tertiary/aromatic N) is 1. The molecule has 6 nitrogen and oxygen atoms in total. The topological polar surface area (TPSA) is 78.9 Å². The minimum Gasteiger partial charge on any atom is -0.481 e. The molecule has 1 heterocycles. The molecule has 114 valence electrons. The molecule has 8 heteroatoms. The van der Waals surface area contributed by atoms with E-state index in [9.17, 15) is 14.0 Å². The Bertz CT molecular complexity index is 555. The van der Waals surface area contributed by atoms with Crippen LogP contribution in [-0.2, 0) is 9.53 Å². The number of hydrogen-bond acceptors (Lipinski definition) is 3.